The number of benzene rings is 6. The summed E-state index contributed by atoms with van der Waals surface area (Å²) >= 11 is 0. The summed E-state index contributed by atoms with van der Waals surface area (Å²) in [7, 11) is -6.39. The van der Waals surface area contributed by atoms with Crippen LogP contribution < -0.4 is 31.8 Å². The van der Waals surface area contributed by atoms with Crippen LogP contribution in [0.5, 0.6) is 0 Å². The monoisotopic (exact) mass is 734 g/mol. The van der Waals surface area contributed by atoms with Gasteiger partial charge in [0.25, 0.3) is 0 Å². The summed E-state index contributed by atoms with van der Waals surface area (Å²) < 4.78 is 31.5. The number of rotatable bonds is 16. The molecule has 0 unspecified atom stereocenters. The van der Waals surface area contributed by atoms with Crippen molar-refractivity contribution < 1.29 is 9.13 Å². The summed E-state index contributed by atoms with van der Waals surface area (Å²) in [6.07, 6.45) is 11.4. The molecule has 0 heterocycles. The van der Waals surface area contributed by atoms with Crippen LogP contribution in [0.4, 0.5) is 0 Å². The fourth-order valence-corrected chi connectivity index (χ4v) is 14.0. The fraction of sp³-hybridized carbons (Fsp3) is 0.265. The molecule has 0 radical (unpaired) electrons. The maximum absolute atomic E-state index is 15.8. The molecular weight excluding hydrogens is 682 g/mol. The van der Waals surface area contributed by atoms with Gasteiger partial charge in [0.2, 0.25) is 0 Å². The molecule has 6 aromatic carbocycles. The Kier molecular flexibility index (Phi) is 11.5. The lowest BCUT2D eigenvalue weighted by molar-refractivity contribution is 0.401. The van der Waals surface area contributed by atoms with E-state index in [0.717, 1.165) is 57.5 Å². The third kappa shape index (κ3) is 6.98. The minimum absolute atomic E-state index is 0.283. The zero-order valence-electron chi connectivity index (χ0n) is 31.3. The van der Waals surface area contributed by atoms with E-state index in [1.165, 1.54) is 60.8 Å². The van der Waals surface area contributed by atoms with Crippen LogP contribution in [0.2, 0.25) is 0 Å². The van der Waals surface area contributed by atoms with Crippen LogP contribution in [0.3, 0.4) is 0 Å². The van der Waals surface area contributed by atoms with Gasteiger partial charge in [0.1, 0.15) is 0 Å². The van der Waals surface area contributed by atoms with Crippen LogP contribution in [0.25, 0.3) is 11.1 Å². The van der Waals surface area contributed by atoms with Gasteiger partial charge in [0, 0.05) is 37.2 Å². The summed E-state index contributed by atoms with van der Waals surface area (Å²) in [5.74, 6) is 0. The molecule has 6 aromatic rings. The molecule has 0 atom stereocenters. The van der Waals surface area contributed by atoms with E-state index in [-0.39, 0.29) is 5.41 Å². The lowest BCUT2D eigenvalue weighted by Crippen LogP contribution is -2.30. The minimum atomic E-state index is -3.19. The first-order chi connectivity index (χ1) is 26.0. The van der Waals surface area contributed by atoms with Gasteiger partial charge in [-0.15, -0.1) is 0 Å². The van der Waals surface area contributed by atoms with E-state index in [1.54, 1.807) is 0 Å². The Labute approximate surface area is 317 Å². The third-order valence-electron chi connectivity index (χ3n) is 11.4. The molecule has 0 N–H and O–H groups in total. The maximum atomic E-state index is 15.8. The highest BCUT2D eigenvalue weighted by Gasteiger charge is 2.45. The third-order valence-corrected chi connectivity index (χ3v) is 17.6. The van der Waals surface area contributed by atoms with Crippen LogP contribution in [-0.2, 0) is 14.5 Å². The topological polar surface area (TPSA) is 34.1 Å². The van der Waals surface area contributed by atoms with Crippen LogP contribution in [0.1, 0.15) is 89.2 Å². The van der Waals surface area contributed by atoms with Gasteiger partial charge >= 0.3 is 0 Å². The van der Waals surface area contributed by atoms with Crippen molar-refractivity contribution in [3.8, 4) is 11.1 Å². The van der Waals surface area contributed by atoms with Crippen molar-refractivity contribution in [2.24, 2.45) is 0 Å². The predicted octanol–water partition coefficient (Wildman–Crippen LogP) is 11.2. The second-order valence-corrected chi connectivity index (χ2v) is 20.3. The number of unbranched alkanes of at least 4 members (excludes halogenated alkanes) is 6. The van der Waals surface area contributed by atoms with E-state index < -0.39 is 14.3 Å². The molecule has 2 nitrogen and oxygen atoms in total. The molecule has 0 aliphatic heterocycles. The summed E-state index contributed by atoms with van der Waals surface area (Å²) in [4.78, 5) is 0. The molecular formula is C49H52O2P2. The standard InChI is InChI=1S/C49H52O2P2/c1-3-5-7-21-35-49(36-22-8-6-4-2)47-37-43(52(50,39-23-13-9-14-24-39)40-25-15-10-16-26-40)31-33-45(47)46-34-32-44(38-48(46)49)53(51,41-27-17-11-18-28-41)42-29-19-12-20-30-42/h9-20,23-34,37-38H,3-8,21-22,35-36H2,1-2H3. The lowest BCUT2D eigenvalue weighted by Gasteiger charge is -2.34. The molecule has 0 aromatic heterocycles. The molecule has 270 valence electrons. The van der Waals surface area contributed by atoms with Crippen molar-refractivity contribution >= 4 is 46.1 Å². The molecule has 0 saturated carbocycles. The van der Waals surface area contributed by atoms with Gasteiger partial charge in [-0.1, -0.05) is 211 Å². The van der Waals surface area contributed by atoms with Crippen molar-refractivity contribution in [2.45, 2.75) is 83.5 Å². The molecule has 4 heteroatoms. The highest BCUT2D eigenvalue weighted by Crippen LogP contribution is 2.56. The van der Waals surface area contributed by atoms with E-state index in [2.05, 4.69) is 50.2 Å². The van der Waals surface area contributed by atoms with Crippen LogP contribution in [0, 0.1) is 0 Å². The second-order valence-electron chi connectivity index (χ2n) is 14.7. The molecule has 0 amide bonds. The molecule has 1 aliphatic rings. The van der Waals surface area contributed by atoms with Crippen LogP contribution in [0.15, 0.2) is 158 Å². The van der Waals surface area contributed by atoms with Gasteiger partial charge < -0.3 is 9.13 Å². The minimum Gasteiger partial charge on any atom is -0.309 e. The summed E-state index contributed by atoms with van der Waals surface area (Å²) in [6.45, 7) is 4.54. The molecule has 7 rings (SSSR count). The maximum Gasteiger partial charge on any atom is 0.171 e. The normalized spacial score (nSPS) is 13.4. The Morgan fingerprint density at radius 2 is 0.698 bits per heavy atom. The van der Waals surface area contributed by atoms with Gasteiger partial charge in [-0.05, 0) is 47.2 Å². The molecule has 0 bridgehead atoms. The van der Waals surface area contributed by atoms with Crippen molar-refractivity contribution in [3.63, 3.8) is 0 Å². The number of hydrogen-bond donors (Lipinski definition) is 0. The Morgan fingerprint density at radius 1 is 0.377 bits per heavy atom. The van der Waals surface area contributed by atoms with E-state index in [1.807, 2.05) is 121 Å². The molecule has 53 heavy (non-hydrogen) atoms. The first-order valence-corrected chi connectivity index (χ1v) is 23.1. The summed E-state index contributed by atoms with van der Waals surface area (Å²) in [6, 6.07) is 53.6. The smallest absolute Gasteiger partial charge is 0.171 e. The van der Waals surface area contributed by atoms with E-state index >= 15 is 9.13 Å². The highest BCUT2D eigenvalue weighted by atomic mass is 31.2. The zero-order valence-corrected chi connectivity index (χ0v) is 33.1. The van der Waals surface area contributed by atoms with Gasteiger partial charge in [-0.3, -0.25) is 0 Å². The highest BCUT2D eigenvalue weighted by molar-refractivity contribution is 7.85. The number of hydrogen-bond acceptors (Lipinski definition) is 2. The molecule has 0 fully saturated rings. The fourth-order valence-electron chi connectivity index (χ4n) is 8.68. The van der Waals surface area contributed by atoms with E-state index in [0.29, 0.717) is 0 Å². The van der Waals surface area contributed by atoms with Gasteiger partial charge in [0.15, 0.2) is 14.3 Å². The lowest BCUT2D eigenvalue weighted by atomic mass is 9.70. The SMILES string of the molecule is CCCCCCC1(CCCCCC)c2cc(P(=O)(c3ccccc3)c3ccccc3)ccc2-c2ccc(P(=O)(c3ccccc3)c3ccccc3)cc21. The second kappa shape index (κ2) is 16.4. The first-order valence-electron chi connectivity index (χ1n) is 19.7. The first kappa shape index (κ1) is 37.1. The molecule has 1 aliphatic carbocycles. The van der Waals surface area contributed by atoms with Crippen molar-refractivity contribution in [3.05, 3.63) is 169 Å². The molecule has 0 saturated heterocycles. The van der Waals surface area contributed by atoms with Crippen LogP contribution >= 0.6 is 14.3 Å². The quantitative estimate of drug-likeness (QED) is 0.0733. The van der Waals surface area contributed by atoms with Gasteiger partial charge in [0.05, 0.1) is 0 Å². The van der Waals surface area contributed by atoms with E-state index in [4.69, 9.17) is 0 Å². The van der Waals surface area contributed by atoms with Crippen molar-refractivity contribution in [1.82, 2.24) is 0 Å². The van der Waals surface area contributed by atoms with Gasteiger partial charge in [-0.25, -0.2) is 0 Å². The summed E-state index contributed by atoms with van der Waals surface area (Å²) in [5.41, 5.74) is 4.74. The van der Waals surface area contributed by atoms with E-state index in [9.17, 15) is 0 Å². The largest absolute Gasteiger partial charge is 0.309 e. The zero-order chi connectivity index (χ0) is 36.7. The summed E-state index contributed by atoms with van der Waals surface area (Å²) in [5, 5.41) is 5.18. The average molecular weight is 735 g/mol. The Morgan fingerprint density at radius 3 is 1.00 bits per heavy atom. The Hall–Kier alpha value is -4.22. The Balaban J connectivity index is 1.46. The van der Waals surface area contributed by atoms with Crippen LogP contribution in [-0.4, -0.2) is 0 Å². The average Bonchev–Trinajstić information content (AvgIpc) is 3.50. The number of fused-ring (bicyclic) bond motifs is 3. The Bertz CT molecular complexity index is 1960. The van der Waals surface area contributed by atoms with Crippen molar-refractivity contribution in [2.75, 3.05) is 0 Å². The predicted molar refractivity (Wildman–Crippen MR) is 229 cm³/mol. The molecule has 0 spiro atoms. The van der Waals surface area contributed by atoms with Crippen molar-refractivity contribution in [1.29, 1.82) is 0 Å². The van der Waals surface area contributed by atoms with Gasteiger partial charge in [-0.2, -0.15) is 0 Å².